The lowest BCUT2D eigenvalue weighted by Crippen LogP contribution is -2.47. The van der Waals surface area contributed by atoms with Crippen molar-refractivity contribution in [2.45, 2.75) is 45.6 Å². The summed E-state index contributed by atoms with van der Waals surface area (Å²) in [5.41, 5.74) is 6.93. The van der Waals surface area contributed by atoms with E-state index in [0.717, 1.165) is 24.3 Å². The number of hydrogen-bond acceptors (Lipinski definition) is 5. The van der Waals surface area contributed by atoms with Gasteiger partial charge in [-0.25, -0.2) is 4.98 Å². The molecule has 5 nitrogen and oxygen atoms in total. The molecule has 0 bridgehead atoms. The van der Waals surface area contributed by atoms with Gasteiger partial charge in [-0.2, -0.15) is 4.98 Å². The van der Waals surface area contributed by atoms with Crippen LogP contribution in [0.3, 0.4) is 0 Å². The Hall–Kier alpha value is -1.36. The fraction of sp³-hybridized carbons (Fsp3) is 0.714. The summed E-state index contributed by atoms with van der Waals surface area (Å²) in [7, 11) is 0. The van der Waals surface area contributed by atoms with Crippen molar-refractivity contribution < 1.29 is 0 Å². The third-order valence-corrected chi connectivity index (χ3v) is 3.91. The Labute approximate surface area is 115 Å². The van der Waals surface area contributed by atoms with Crippen molar-refractivity contribution in [1.29, 1.82) is 0 Å². The molecule has 2 rings (SSSR count). The Morgan fingerprint density at radius 2 is 2.05 bits per heavy atom. The molecule has 1 aliphatic rings. The molecule has 19 heavy (non-hydrogen) atoms. The lowest BCUT2D eigenvalue weighted by Gasteiger charge is -2.35. The zero-order chi connectivity index (χ0) is 13.9. The molecule has 106 valence electrons. The Kier molecular flexibility index (Phi) is 4.24. The van der Waals surface area contributed by atoms with E-state index in [-0.39, 0.29) is 5.54 Å². The molecule has 1 fully saturated rings. The van der Waals surface area contributed by atoms with E-state index in [1.807, 2.05) is 6.20 Å². The zero-order valence-corrected chi connectivity index (χ0v) is 12.2. The Morgan fingerprint density at radius 3 is 2.68 bits per heavy atom. The molecule has 0 unspecified atom stereocenters. The van der Waals surface area contributed by atoms with E-state index in [1.54, 1.807) is 0 Å². The second kappa shape index (κ2) is 5.74. The fourth-order valence-electron chi connectivity index (χ4n) is 2.57. The van der Waals surface area contributed by atoms with Crippen LogP contribution in [0, 0.1) is 0 Å². The zero-order valence-electron chi connectivity index (χ0n) is 12.2. The van der Waals surface area contributed by atoms with Crippen LogP contribution in [-0.4, -0.2) is 40.0 Å². The summed E-state index contributed by atoms with van der Waals surface area (Å²) in [4.78, 5) is 10.9. The Morgan fingerprint density at radius 1 is 1.37 bits per heavy atom. The highest BCUT2D eigenvalue weighted by atomic mass is 15.2. The van der Waals surface area contributed by atoms with Crippen LogP contribution in [0.1, 0.15) is 39.2 Å². The summed E-state index contributed by atoms with van der Waals surface area (Å²) in [5, 5.41) is 3.45. The van der Waals surface area contributed by atoms with Crippen LogP contribution in [0.4, 0.5) is 11.8 Å². The number of nitrogens with two attached hydrogens (primary N) is 1. The van der Waals surface area contributed by atoms with Gasteiger partial charge in [-0.05, 0) is 46.2 Å². The van der Waals surface area contributed by atoms with Gasteiger partial charge in [-0.3, -0.25) is 4.90 Å². The predicted molar refractivity (Wildman–Crippen MR) is 79.2 cm³/mol. The number of anilines is 2. The highest BCUT2D eigenvalue weighted by Crippen LogP contribution is 2.22. The number of hydrogen-bond donors (Lipinski definition) is 2. The lowest BCUT2D eigenvalue weighted by molar-refractivity contribution is 0.167. The first-order valence-corrected chi connectivity index (χ1v) is 7.13. The molecule has 0 radical (unpaired) electrons. The van der Waals surface area contributed by atoms with Crippen molar-refractivity contribution in [2.75, 3.05) is 30.7 Å². The van der Waals surface area contributed by atoms with E-state index >= 15 is 0 Å². The van der Waals surface area contributed by atoms with Gasteiger partial charge in [0.2, 0.25) is 5.95 Å². The van der Waals surface area contributed by atoms with E-state index in [4.69, 9.17) is 5.73 Å². The van der Waals surface area contributed by atoms with Crippen LogP contribution >= 0.6 is 0 Å². The minimum atomic E-state index is 0.140. The highest BCUT2D eigenvalue weighted by Gasteiger charge is 2.28. The van der Waals surface area contributed by atoms with E-state index < -0.39 is 0 Å². The highest BCUT2D eigenvalue weighted by molar-refractivity contribution is 5.46. The van der Waals surface area contributed by atoms with Crippen molar-refractivity contribution in [3.05, 3.63) is 11.8 Å². The molecule has 2 heterocycles. The van der Waals surface area contributed by atoms with Crippen molar-refractivity contribution in [1.82, 2.24) is 14.9 Å². The van der Waals surface area contributed by atoms with Gasteiger partial charge in [0.05, 0.1) is 0 Å². The summed E-state index contributed by atoms with van der Waals surface area (Å²) in [6.07, 6.45) is 5.34. The van der Waals surface area contributed by atoms with Gasteiger partial charge in [-0.1, -0.05) is 6.92 Å². The first-order valence-electron chi connectivity index (χ1n) is 7.13. The minimum absolute atomic E-state index is 0.140. The summed E-state index contributed by atoms with van der Waals surface area (Å²) in [5.74, 6) is 1.21. The fourth-order valence-corrected chi connectivity index (χ4v) is 2.57. The molecular weight excluding hydrogens is 238 g/mol. The molecule has 0 aliphatic carbocycles. The standard InChI is InChI=1S/C14H25N5/c1-4-11-9-16-13(15)18-12(11)17-10-14(2,3)19-7-5-6-8-19/h9H,4-8,10H2,1-3H3,(H3,15,16,17,18). The number of nitrogens with zero attached hydrogens (tertiary/aromatic N) is 3. The maximum Gasteiger partial charge on any atom is 0.221 e. The van der Waals surface area contributed by atoms with Crippen LogP contribution in [0.5, 0.6) is 0 Å². The average Bonchev–Trinajstić information content (AvgIpc) is 2.91. The molecule has 0 amide bonds. The van der Waals surface area contributed by atoms with Gasteiger partial charge in [0.1, 0.15) is 5.82 Å². The molecule has 0 aromatic carbocycles. The largest absolute Gasteiger partial charge is 0.368 e. The van der Waals surface area contributed by atoms with E-state index in [0.29, 0.717) is 5.95 Å². The van der Waals surface area contributed by atoms with E-state index in [9.17, 15) is 0 Å². The molecule has 0 spiro atoms. The lowest BCUT2D eigenvalue weighted by atomic mass is 10.0. The normalized spacial score (nSPS) is 16.8. The number of aromatic nitrogens is 2. The van der Waals surface area contributed by atoms with Crippen LogP contribution in [-0.2, 0) is 6.42 Å². The summed E-state index contributed by atoms with van der Waals surface area (Å²) < 4.78 is 0. The smallest absolute Gasteiger partial charge is 0.221 e. The maximum atomic E-state index is 5.67. The predicted octanol–water partition coefficient (Wildman–Crippen LogP) is 1.91. The molecular formula is C14H25N5. The Balaban J connectivity index is 2.03. The number of rotatable bonds is 5. The van der Waals surface area contributed by atoms with E-state index in [2.05, 4.69) is 41.0 Å². The third kappa shape index (κ3) is 3.35. The van der Waals surface area contributed by atoms with Gasteiger partial charge in [0, 0.05) is 23.8 Å². The summed E-state index contributed by atoms with van der Waals surface area (Å²) >= 11 is 0. The number of aryl methyl sites for hydroxylation is 1. The quantitative estimate of drug-likeness (QED) is 0.849. The second-order valence-corrected chi connectivity index (χ2v) is 5.82. The summed E-state index contributed by atoms with van der Waals surface area (Å²) in [6.45, 7) is 9.92. The van der Waals surface area contributed by atoms with Crippen molar-refractivity contribution >= 4 is 11.8 Å². The number of nitrogens with one attached hydrogen (secondary N) is 1. The van der Waals surface area contributed by atoms with Crippen LogP contribution < -0.4 is 11.1 Å². The van der Waals surface area contributed by atoms with Crippen molar-refractivity contribution in [2.24, 2.45) is 0 Å². The van der Waals surface area contributed by atoms with Crippen LogP contribution in [0.25, 0.3) is 0 Å². The van der Waals surface area contributed by atoms with Gasteiger partial charge in [0.25, 0.3) is 0 Å². The SMILES string of the molecule is CCc1cnc(N)nc1NCC(C)(C)N1CCCC1. The van der Waals surface area contributed by atoms with Gasteiger partial charge < -0.3 is 11.1 Å². The van der Waals surface area contributed by atoms with Gasteiger partial charge >= 0.3 is 0 Å². The topological polar surface area (TPSA) is 67.1 Å². The molecule has 5 heteroatoms. The maximum absolute atomic E-state index is 5.67. The first-order chi connectivity index (χ1) is 9.03. The first kappa shape index (κ1) is 14.1. The molecule has 3 N–H and O–H groups in total. The van der Waals surface area contributed by atoms with Crippen molar-refractivity contribution in [3.8, 4) is 0 Å². The molecule has 1 aromatic rings. The number of nitrogen functional groups attached to an aromatic ring is 1. The second-order valence-electron chi connectivity index (χ2n) is 5.82. The minimum Gasteiger partial charge on any atom is -0.368 e. The van der Waals surface area contributed by atoms with Gasteiger partial charge in [0.15, 0.2) is 0 Å². The molecule has 0 atom stereocenters. The monoisotopic (exact) mass is 263 g/mol. The number of likely N-dealkylation sites (tertiary alicyclic amines) is 1. The molecule has 1 saturated heterocycles. The van der Waals surface area contributed by atoms with Gasteiger partial charge in [-0.15, -0.1) is 0 Å². The van der Waals surface area contributed by atoms with Crippen LogP contribution in [0.2, 0.25) is 0 Å². The molecule has 1 aromatic heterocycles. The van der Waals surface area contributed by atoms with E-state index in [1.165, 1.54) is 25.9 Å². The summed E-state index contributed by atoms with van der Waals surface area (Å²) in [6, 6.07) is 0. The third-order valence-electron chi connectivity index (χ3n) is 3.91. The average molecular weight is 263 g/mol. The Bertz CT molecular complexity index is 424. The molecule has 1 aliphatic heterocycles. The van der Waals surface area contributed by atoms with Crippen molar-refractivity contribution in [3.63, 3.8) is 0 Å². The molecule has 0 saturated carbocycles. The van der Waals surface area contributed by atoms with Crippen LogP contribution in [0.15, 0.2) is 6.20 Å².